The lowest BCUT2D eigenvalue weighted by Crippen LogP contribution is -2.11. The van der Waals surface area contributed by atoms with Crippen molar-refractivity contribution in [1.29, 1.82) is 0 Å². The predicted molar refractivity (Wildman–Crippen MR) is 69.0 cm³/mol. The summed E-state index contributed by atoms with van der Waals surface area (Å²) in [5, 5.41) is 0.192. The highest BCUT2D eigenvalue weighted by Crippen LogP contribution is 2.27. The van der Waals surface area contributed by atoms with Gasteiger partial charge in [0.2, 0.25) is 5.28 Å². The molecule has 0 saturated carbocycles. The summed E-state index contributed by atoms with van der Waals surface area (Å²) in [7, 11) is 0. The van der Waals surface area contributed by atoms with Crippen LogP contribution in [0.25, 0.3) is 5.57 Å². The van der Waals surface area contributed by atoms with Crippen LogP contribution in [0.5, 0.6) is 0 Å². The number of nitrogens with zero attached hydrogens (tertiary/aromatic N) is 2. The molecule has 0 amide bonds. The summed E-state index contributed by atoms with van der Waals surface area (Å²) in [6.07, 6.45) is 8.66. The van der Waals surface area contributed by atoms with Crippen LogP contribution in [0, 0.1) is 0 Å². The third-order valence-electron chi connectivity index (χ3n) is 2.62. The lowest BCUT2D eigenvalue weighted by molar-refractivity contribution is -0.138. The van der Waals surface area contributed by atoms with E-state index in [1.807, 2.05) is 12.2 Å². The molecule has 0 aromatic carbocycles. The van der Waals surface area contributed by atoms with Crippen molar-refractivity contribution in [1.82, 2.24) is 9.97 Å². The van der Waals surface area contributed by atoms with Crippen molar-refractivity contribution in [3.63, 3.8) is 0 Å². The highest BCUT2D eigenvalue weighted by atomic mass is 35.5. The zero-order valence-electron chi connectivity index (χ0n) is 10.0. The van der Waals surface area contributed by atoms with Crippen molar-refractivity contribution in [3.05, 3.63) is 41.0 Å². The topological polar surface area (TPSA) is 52.1 Å². The molecule has 0 spiro atoms. The molecule has 5 heteroatoms. The number of hydrogen-bond donors (Lipinski definition) is 0. The fourth-order valence-electron chi connectivity index (χ4n) is 1.82. The van der Waals surface area contributed by atoms with Gasteiger partial charge in [-0.25, -0.2) is 14.8 Å². The van der Waals surface area contributed by atoms with E-state index in [0.717, 1.165) is 17.6 Å². The smallest absolute Gasteiger partial charge is 0.334 e. The summed E-state index contributed by atoms with van der Waals surface area (Å²) < 4.78 is 5.06. The van der Waals surface area contributed by atoms with Gasteiger partial charge < -0.3 is 4.74 Å². The third kappa shape index (κ3) is 2.76. The maximum atomic E-state index is 11.9. The van der Waals surface area contributed by atoms with Gasteiger partial charge in [-0.15, -0.1) is 0 Å². The fourth-order valence-corrected chi connectivity index (χ4v) is 1.91. The Morgan fingerprint density at radius 2 is 2.17 bits per heavy atom. The molecule has 1 aliphatic rings. The molecule has 94 valence electrons. The molecule has 0 fully saturated rings. The van der Waals surface area contributed by atoms with Crippen LogP contribution in [0.1, 0.15) is 25.3 Å². The number of halogens is 1. The molecule has 1 aromatic heterocycles. The molecular weight excluding hydrogens is 252 g/mol. The van der Waals surface area contributed by atoms with E-state index in [4.69, 9.17) is 16.3 Å². The van der Waals surface area contributed by atoms with E-state index in [-0.39, 0.29) is 11.3 Å². The molecule has 0 unspecified atom stereocenters. The molecule has 1 heterocycles. The second-order valence-electron chi connectivity index (χ2n) is 3.79. The molecule has 0 saturated heterocycles. The Bertz CT molecular complexity index is 506. The lowest BCUT2D eigenvalue weighted by Gasteiger charge is -2.14. The number of aromatic nitrogens is 2. The summed E-state index contributed by atoms with van der Waals surface area (Å²) in [6, 6.07) is 0. The van der Waals surface area contributed by atoms with Gasteiger partial charge in [-0.05, 0) is 36.9 Å². The molecule has 0 radical (unpaired) electrons. The quantitative estimate of drug-likeness (QED) is 0.622. The second kappa shape index (κ2) is 5.78. The Hall–Kier alpha value is -1.68. The Morgan fingerprint density at radius 3 is 2.83 bits per heavy atom. The van der Waals surface area contributed by atoms with Crippen LogP contribution in [0.4, 0.5) is 0 Å². The van der Waals surface area contributed by atoms with Gasteiger partial charge in [-0.2, -0.15) is 0 Å². The van der Waals surface area contributed by atoms with Crippen LogP contribution in [-0.2, 0) is 9.53 Å². The summed E-state index contributed by atoms with van der Waals surface area (Å²) in [5.41, 5.74) is 2.26. The molecular formula is C13H13ClN2O2. The molecule has 18 heavy (non-hydrogen) atoms. The van der Waals surface area contributed by atoms with E-state index in [1.54, 1.807) is 19.3 Å². The molecule has 1 aromatic rings. The average Bonchev–Trinajstić information content (AvgIpc) is 2.40. The average molecular weight is 265 g/mol. The first-order valence-corrected chi connectivity index (χ1v) is 6.15. The molecule has 0 bridgehead atoms. The minimum Gasteiger partial charge on any atom is -0.463 e. The van der Waals surface area contributed by atoms with Crippen molar-refractivity contribution in [2.75, 3.05) is 6.61 Å². The summed E-state index contributed by atoms with van der Waals surface area (Å²) in [4.78, 5) is 19.7. The Kier molecular flexibility index (Phi) is 4.10. The SMILES string of the molecule is CCOC(=O)C1=C(c2cnc(Cl)nc2)C=CCC1. The van der Waals surface area contributed by atoms with Gasteiger partial charge in [0.25, 0.3) is 0 Å². The summed E-state index contributed by atoms with van der Waals surface area (Å²) in [5.74, 6) is -0.271. The van der Waals surface area contributed by atoms with Gasteiger partial charge in [0, 0.05) is 23.5 Å². The predicted octanol–water partition coefficient (Wildman–Crippen LogP) is 2.80. The van der Waals surface area contributed by atoms with Crippen molar-refractivity contribution >= 4 is 23.1 Å². The van der Waals surface area contributed by atoms with E-state index in [2.05, 4.69) is 9.97 Å². The Morgan fingerprint density at radius 1 is 1.44 bits per heavy atom. The number of ether oxygens (including phenoxy) is 1. The number of carbonyl (C=O) groups is 1. The van der Waals surface area contributed by atoms with Crippen LogP contribution >= 0.6 is 11.6 Å². The minimum absolute atomic E-state index is 0.192. The maximum Gasteiger partial charge on any atom is 0.334 e. The molecule has 4 nitrogen and oxygen atoms in total. The van der Waals surface area contributed by atoms with Crippen LogP contribution in [-0.4, -0.2) is 22.5 Å². The van der Waals surface area contributed by atoms with Gasteiger partial charge >= 0.3 is 5.97 Å². The number of hydrogen-bond acceptors (Lipinski definition) is 4. The van der Waals surface area contributed by atoms with Crippen LogP contribution in [0.2, 0.25) is 5.28 Å². The van der Waals surface area contributed by atoms with E-state index in [9.17, 15) is 4.79 Å². The van der Waals surface area contributed by atoms with Crippen molar-refractivity contribution < 1.29 is 9.53 Å². The molecule has 1 aliphatic carbocycles. The first-order chi connectivity index (χ1) is 8.72. The first-order valence-electron chi connectivity index (χ1n) is 5.77. The van der Waals surface area contributed by atoms with Crippen molar-refractivity contribution in [3.8, 4) is 0 Å². The van der Waals surface area contributed by atoms with Gasteiger partial charge in [-0.3, -0.25) is 0 Å². The normalized spacial score (nSPS) is 14.8. The van der Waals surface area contributed by atoms with E-state index < -0.39 is 0 Å². The number of rotatable bonds is 3. The number of carbonyl (C=O) groups excluding carboxylic acids is 1. The maximum absolute atomic E-state index is 11.9. The second-order valence-corrected chi connectivity index (χ2v) is 4.13. The summed E-state index contributed by atoms with van der Waals surface area (Å²) in [6.45, 7) is 2.17. The zero-order valence-corrected chi connectivity index (χ0v) is 10.8. The lowest BCUT2D eigenvalue weighted by atomic mass is 9.94. The zero-order chi connectivity index (χ0) is 13.0. The monoisotopic (exact) mass is 264 g/mol. The van der Waals surface area contributed by atoms with Crippen LogP contribution < -0.4 is 0 Å². The van der Waals surface area contributed by atoms with Crippen LogP contribution in [0.3, 0.4) is 0 Å². The highest BCUT2D eigenvalue weighted by molar-refractivity contribution is 6.28. The Balaban J connectivity index is 2.39. The van der Waals surface area contributed by atoms with Gasteiger partial charge in [0.1, 0.15) is 0 Å². The summed E-state index contributed by atoms with van der Waals surface area (Å²) >= 11 is 5.65. The van der Waals surface area contributed by atoms with Gasteiger partial charge in [-0.1, -0.05) is 12.2 Å². The standard InChI is InChI=1S/C13H13ClN2O2/c1-2-18-12(17)11-6-4-3-5-10(11)9-7-15-13(14)16-8-9/h3,5,7-8H,2,4,6H2,1H3. The number of esters is 1. The molecule has 0 atom stereocenters. The molecule has 2 rings (SSSR count). The molecule has 0 N–H and O–H groups in total. The number of allylic oxidation sites excluding steroid dienone is 3. The van der Waals surface area contributed by atoms with E-state index >= 15 is 0 Å². The van der Waals surface area contributed by atoms with E-state index in [1.165, 1.54) is 0 Å². The fraction of sp³-hybridized carbons (Fsp3) is 0.308. The first kappa shape index (κ1) is 12.8. The Labute approximate surface area is 110 Å². The molecule has 0 aliphatic heterocycles. The van der Waals surface area contributed by atoms with Gasteiger partial charge in [0.05, 0.1) is 6.61 Å². The van der Waals surface area contributed by atoms with Crippen molar-refractivity contribution in [2.45, 2.75) is 19.8 Å². The minimum atomic E-state index is -0.271. The largest absolute Gasteiger partial charge is 0.463 e. The van der Waals surface area contributed by atoms with E-state index in [0.29, 0.717) is 18.6 Å². The highest BCUT2D eigenvalue weighted by Gasteiger charge is 2.18. The third-order valence-corrected chi connectivity index (χ3v) is 2.82. The van der Waals surface area contributed by atoms with Crippen molar-refractivity contribution in [2.24, 2.45) is 0 Å². The van der Waals surface area contributed by atoms with Gasteiger partial charge in [0.15, 0.2) is 0 Å². The van der Waals surface area contributed by atoms with Crippen LogP contribution in [0.15, 0.2) is 30.1 Å².